The van der Waals surface area contributed by atoms with E-state index in [0.29, 0.717) is 6.42 Å². The highest BCUT2D eigenvalue weighted by molar-refractivity contribution is 6.01. The van der Waals surface area contributed by atoms with E-state index in [9.17, 15) is 4.39 Å². The van der Waals surface area contributed by atoms with Gasteiger partial charge in [0.1, 0.15) is 12.9 Å². The summed E-state index contributed by atoms with van der Waals surface area (Å²) in [6.07, 6.45) is 4.65. The van der Waals surface area contributed by atoms with Crippen LogP contribution in [0.5, 0.6) is 0 Å². The van der Waals surface area contributed by atoms with Gasteiger partial charge in [-0.1, -0.05) is 59.8 Å². The number of oxime groups is 1. The Bertz CT molecular complexity index is 588. The molecule has 0 unspecified atom stereocenters. The molecule has 0 fully saturated rings. The first-order valence-corrected chi connectivity index (χ1v) is 6.37. The van der Waals surface area contributed by atoms with Crippen LogP contribution in [-0.4, -0.2) is 12.8 Å². The summed E-state index contributed by atoms with van der Waals surface area (Å²) in [6.45, 7) is 0. The lowest BCUT2D eigenvalue weighted by Gasteiger charge is -2.03. The summed E-state index contributed by atoms with van der Waals surface area (Å²) < 4.78 is 12.9. The van der Waals surface area contributed by atoms with Crippen molar-refractivity contribution in [1.29, 1.82) is 0 Å². The van der Waals surface area contributed by atoms with Gasteiger partial charge in [-0.15, -0.1) is 0 Å². The van der Waals surface area contributed by atoms with E-state index in [1.54, 1.807) is 12.1 Å². The number of nitrogens with zero attached hydrogens (tertiary/aromatic N) is 1. The molecule has 0 aliphatic heterocycles. The molecule has 0 spiro atoms. The van der Waals surface area contributed by atoms with E-state index in [0.717, 1.165) is 16.8 Å². The summed E-state index contributed by atoms with van der Waals surface area (Å²) in [5.74, 6) is -0.259. The van der Waals surface area contributed by atoms with E-state index < -0.39 is 0 Å². The van der Waals surface area contributed by atoms with E-state index in [2.05, 4.69) is 5.16 Å². The molecule has 0 aromatic heterocycles. The summed E-state index contributed by atoms with van der Waals surface area (Å²) >= 11 is 0. The van der Waals surface area contributed by atoms with E-state index >= 15 is 0 Å². The number of rotatable bonds is 5. The Hall–Kier alpha value is -2.42. The lowest BCUT2D eigenvalue weighted by Crippen LogP contribution is -2.00. The Morgan fingerprint density at radius 2 is 1.80 bits per heavy atom. The fraction of sp³-hybridized carbons (Fsp3) is 0.118. The third-order valence-electron chi connectivity index (χ3n) is 2.80. The van der Waals surface area contributed by atoms with Crippen molar-refractivity contribution in [1.82, 2.24) is 0 Å². The third-order valence-corrected chi connectivity index (χ3v) is 2.80. The third kappa shape index (κ3) is 4.05. The van der Waals surface area contributed by atoms with E-state index in [-0.39, 0.29) is 5.82 Å². The maximum atomic E-state index is 12.9. The molecule has 102 valence electrons. The van der Waals surface area contributed by atoms with Crippen LogP contribution < -0.4 is 0 Å². The van der Waals surface area contributed by atoms with Gasteiger partial charge < -0.3 is 4.84 Å². The van der Waals surface area contributed by atoms with Gasteiger partial charge in [-0.25, -0.2) is 4.39 Å². The monoisotopic (exact) mass is 269 g/mol. The average Bonchev–Trinajstić information content (AvgIpc) is 2.48. The van der Waals surface area contributed by atoms with Crippen molar-refractivity contribution in [2.75, 3.05) is 7.11 Å². The summed E-state index contributed by atoms with van der Waals surface area (Å²) in [6, 6.07) is 16.3. The largest absolute Gasteiger partial charge is 0.399 e. The molecule has 0 amide bonds. The molecule has 2 rings (SSSR count). The molecule has 20 heavy (non-hydrogen) atoms. The predicted molar refractivity (Wildman–Crippen MR) is 80.0 cm³/mol. The van der Waals surface area contributed by atoms with E-state index in [1.165, 1.54) is 19.2 Å². The van der Waals surface area contributed by atoms with Crippen LogP contribution in [0.3, 0.4) is 0 Å². The van der Waals surface area contributed by atoms with Gasteiger partial charge >= 0.3 is 0 Å². The molecule has 3 heteroatoms. The van der Waals surface area contributed by atoms with Crippen LogP contribution in [0.4, 0.5) is 4.39 Å². The van der Waals surface area contributed by atoms with Crippen molar-refractivity contribution in [3.8, 4) is 0 Å². The molecule has 2 aromatic rings. The van der Waals surface area contributed by atoms with Gasteiger partial charge in [0.15, 0.2) is 0 Å². The predicted octanol–water partition coefficient (Wildman–Crippen LogP) is 4.28. The Morgan fingerprint density at radius 1 is 1.10 bits per heavy atom. The van der Waals surface area contributed by atoms with Crippen molar-refractivity contribution < 1.29 is 9.23 Å². The molecule has 2 aromatic carbocycles. The Balaban J connectivity index is 2.09. The number of benzene rings is 2. The highest BCUT2D eigenvalue weighted by atomic mass is 19.1. The average molecular weight is 269 g/mol. The van der Waals surface area contributed by atoms with Gasteiger partial charge in [0, 0.05) is 6.42 Å². The van der Waals surface area contributed by atoms with E-state index in [4.69, 9.17) is 4.84 Å². The zero-order valence-electron chi connectivity index (χ0n) is 11.3. The maximum absolute atomic E-state index is 12.9. The minimum absolute atomic E-state index is 0.259. The number of allylic oxidation sites excluding steroid dienone is 1. The molecule has 0 radical (unpaired) electrons. The summed E-state index contributed by atoms with van der Waals surface area (Å²) in [5, 5.41) is 4.00. The fourth-order valence-corrected chi connectivity index (χ4v) is 1.83. The fourth-order valence-electron chi connectivity index (χ4n) is 1.83. The number of hydrogen-bond acceptors (Lipinski definition) is 2. The summed E-state index contributed by atoms with van der Waals surface area (Å²) in [7, 11) is 1.50. The molecule has 0 atom stereocenters. The first-order chi connectivity index (χ1) is 9.79. The van der Waals surface area contributed by atoms with Crippen molar-refractivity contribution in [3.05, 3.63) is 77.6 Å². The Morgan fingerprint density at radius 3 is 2.45 bits per heavy atom. The quantitative estimate of drug-likeness (QED) is 0.586. The maximum Gasteiger partial charge on any atom is 0.123 e. The lowest BCUT2D eigenvalue weighted by atomic mass is 10.1. The van der Waals surface area contributed by atoms with Gasteiger partial charge in [0.25, 0.3) is 0 Å². The molecule has 0 aliphatic rings. The molecule has 0 aliphatic carbocycles. The smallest absolute Gasteiger partial charge is 0.123 e. The normalized spacial score (nSPS) is 11.8. The SMILES string of the molecule is CO/N=C(/C/C=C/c1ccccc1)c1ccc(F)cc1. The molecule has 0 heterocycles. The van der Waals surface area contributed by atoms with Crippen molar-refractivity contribution in [2.24, 2.45) is 5.16 Å². The van der Waals surface area contributed by atoms with Crippen LogP contribution in [0, 0.1) is 5.82 Å². The minimum atomic E-state index is -0.259. The van der Waals surface area contributed by atoms with Gasteiger partial charge in [-0.2, -0.15) is 0 Å². The van der Waals surface area contributed by atoms with E-state index in [1.807, 2.05) is 42.5 Å². The Kier molecular flexibility index (Phi) is 5.07. The second-order valence-electron chi connectivity index (χ2n) is 4.24. The highest BCUT2D eigenvalue weighted by Crippen LogP contribution is 2.09. The van der Waals surface area contributed by atoms with Gasteiger partial charge in [0.2, 0.25) is 0 Å². The summed E-state index contributed by atoms with van der Waals surface area (Å²) in [4.78, 5) is 4.85. The van der Waals surface area contributed by atoms with Crippen LogP contribution in [0.1, 0.15) is 17.5 Å². The molecular formula is C17H16FNO. The van der Waals surface area contributed by atoms with Crippen LogP contribution in [-0.2, 0) is 4.84 Å². The highest BCUT2D eigenvalue weighted by Gasteiger charge is 2.03. The van der Waals surface area contributed by atoms with Crippen molar-refractivity contribution in [2.45, 2.75) is 6.42 Å². The van der Waals surface area contributed by atoms with Crippen LogP contribution >= 0.6 is 0 Å². The molecule has 2 nitrogen and oxygen atoms in total. The van der Waals surface area contributed by atoms with Crippen LogP contribution in [0.15, 0.2) is 65.8 Å². The standard InChI is InChI=1S/C17H16FNO/c1-20-19-17(15-10-12-16(18)13-11-15)9-5-8-14-6-3-2-4-7-14/h2-8,10-13H,9H2,1H3/b8-5+,19-17-. The number of halogens is 1. The second kappa shape index (κ2) is 7.24. The second-order valence-corrected chi connectivity index (χ2v) is 4.24. The van der Waals surface area contributed by atoms with Crippen LogP contribution in [0.25, 0.3) is 6.08 Å². The van der Waals surface area contributed by atoms with Gasteiger partial charge in [0.05, 0.1) is 5.71 Å². The van der Waals surface area contributed by atoms with Crippen molar-refractivity contribution in [3.63, 3.8) is 0 Å². The topological polar surface area (TPSA) is 21.6 Å². The number of hydrogen-bond donors (Lipinski definition) is 0. The first-order valence-electron chi connectivity index (χ1n) is 6.37. The van der Waals surface area contributed by atoms with Gasteiger partial charge in [-0.3, -0.25) is 0 Å². The van der Waals surface area contributed by atoms with Crippen LogP contribution in [0.2, 0.25) is 0 Å². The lowest BCUT2D eigenvalue weighted by molar-refractivity contribution is 0.213. The first kappa shape index (κ1) is 14.0. The molecular weight excluding hydrogens is 253 g/mol. The zero-order chi connectivity index (χ0) is 14.2. The molecule has 0 saturated carbocycles. The van der Waals surface area contributed by atoms with Crippen molar-refractivity contribution >= 4 is 11.8 Å². The molecule has 0 saturated heterocycles. The summed E-state index contributed by atoms with van der Waals surface area (Å²) in [5.41, 5.74) is 2.74. The Labute approximate surface area is 118 Å². The zero-order valence-corrected chi connectivity index (χ0v) is 11.3. The molecule has 0 bridgehead atoms. The molecule has 0 N–H and O–H groups in total. The van der Waals surface area contributed by atoms with Gasteiger partial charge in [-0.05, 0) is 23.3 Å². The minimum Gasteiger partial charge on any atom is -0.399 e.